The number of hydrogen-bond acceptors (Lipinski definition) is 2. The lowest BCUT2D eigenvalue weighted by atomic mass is 10.1. The van der Waals surface area contributed by atoms with Gasteiger partial charge in [0.05, 0.1) is 0 Å². The van der Waals surface area contributed by atoms with Gasteiger partial charge < -0.3 is 5.73 Å². The minimum atomic E-state index is 0.677. The minimum absolute atomic E-state index is 0.677. The average molecular weight is 168 g/mol. The maximum Gasteiger partial charge on any atom is 0.0163 e. The molecule has 0 radical (unpaired) electrons. The van der Waals surface area contributed by atoms with Gasteiger partial charge in [0, 0.05) is 13.1 Å². The first-order valence-electron chi connectivity index (χ1n) is 4.90. The number of rotatable bonds is 4. The molecule has 0 fully saturated rings. The minimum Gasteiger partial charge on any atom is -0.330 e. The van der Waals surface area contributed by atoms with E-state index in [1.54, 1.807) is 0 Å². The molecular weight excluding hydrogens is 148 g/mol. The van der Waals surface area contributed by atoms with Crippen molar-refractivity contribution in [3.63, 3.8) is 0 Å². The first-order valence-corrected chi connectivity index (χ1v) is 4.90. The molecule has 0 spiro atoms. The molecule has 0 saturated carbocycles. The maximum absolute atomic E-state index is 5.56. The molecule has 0 aromatic rings. The van der Waals surface area contributed by atoms with Crippen LogP contribution in [-0.4, -0.2) is 31.1 Å². The van der Waals surface area contributed by atoms with Gasteiger partial charge in [-0.3, -0.25) is 4.90 Å². The molecule has 70 valence electrons. The molecule has 1 atom stereocenters. The lowest BCUT2D eigenvalue weighted by Gasteiger charge is -2.24. The Hall–Kier alpha value is -0.340. The number of nitrogens with zero attached hydrogens (tertiary/aromatic N) is 1. The van der Waals surface area contributed by atoms with Gasteiger partial charge in [0.1, 0.15) is 0 Å². The van der Waals surface area contributed by atoms with E-state index >= 15 is 0 Å². The second kappa shape index (κ2) is 5.33. The summed E-state index contributed by atoms with van der Waals surface area (Å²) in [5.41, 5.74) is 5.56. The fraction of sp³-hybridized carbons (Fsp3) is 0.800. The highest BCUT2D eigenvalue weighted by Gasteiger charge is 2.07. The summed E-state index contributed by atoms with van der Waals surface area (Å²) < 4.78 is 0. The van der Waals surface area contributed by atoms with Crippen LogP contribution in [0.4, 0.5) is 0 Å². The standard InChI is InChI=1S/C10H20N2/c1-10(9-11)5-8-12-6-3-2-4-7-12/h2-3,10H,4-9,11H2,1H3. The Bertz CT molecular complexity index is 143. The van der Waals surface area contributed by atoms with E-state index in [-0.39, 0.29) is 0 Å². The maximum atomic E-state index is 5.56. The molecule has 0 bridgehead atoms. The molecule has 0 aromatic heterocycles. The highest BCUT2D eigenvalue weighted by molar-refractivity contribution is 4.90. The third-order valence-electron chi connectivity index (χ3n) is 2.48. The largest absolute Gasteiger partial charge is 0.330 e. The quantitative estimate of drug-likeness (QED) is 0.640. The van der Waals surface area contributed by atoms with E-state index < -0.39 is 0 Å². The third kappa shape index (κ3) is 3.37. The van der Waals surface area contributed by atoms with E-state index in [2.05, 4.69) is 24.0 Å². The molecule has 0 aromatic carbocycles. The molecule has 2 N–H and O–H groups in total. The van der Waals surface area contributed by atoms with Crippen molar-refractivity contribution in [3.8, 4) is 0 Å². The molecular formula is C10H20N2. The lowest BCUT2D eigenvalue weighted by Crippen LogP contribution is -2.30. The summed E-state index contributed by atoms with van der Waals surface area (Å²) in [6, 6.07) is 0. The van der Waals surface area contributed by atoms with Crippen LogP contribution in [0.25, 0.3) is 0 Å². The van der Waals surface area contributed by atoms with Crippen LogP contribution in [0.2, 0.25) is 0 Å². The van der Waals surface area contributed by atoms with Gasteiger partial charge in [-0.05, 0) is 31.8 Å². The summed E-state index contributed by atoms with van der Waals surface area (Å²) in [6.07, 6.45) is 6.99. The second-order valence-corrected chi connectivity index (χ2v) is 3.69. The summed E-state index contributed by atoms with van der Waals surface area (Å²) in [7, 11) is 0. The van der Waals surface area contributed by atoms with Crippen molar-refractivity contribution in [2.75, 3.05) is 26.2 Å². The van der Waals surface area contributed by atoms with Crippen LogP contribution in [-0.2, 0) is 0 Å². The van der Waals surface area contributed by atoms with Crippen LogP contribution in [0.15, 0.2) is 12.2 Å². The fourth-order valence-corrected chi connectivity index (χ4v) is 1.41. The number of nitrogens with two attached hydrogens (primary N) is 1. The Morgan fingerprint density at radius 2 is 2.33 bits per heavy atom. The molecule has 1 rings (SSSR count). The molecule has 12 heavy (non-hydrogen) atoms. The van der Waals surface area contributed by atoms with Crippen LogP contribution in [0.3, 0.4) is 0 Å². The van der Waals surface area contributed by atoms with E-state index in [4.69, 9.17) is 5.73 Å². The zero-order valence-corrected chi connectivity index (χ0v) is 8.00. The van der Waals surface area contributed by atoms with Gasteiger partial charge in [0.2, 0.25) is 0 Å². The smallest absolute Gasteiger partial charge is 0.0163 e. The Kier molecular flexibility index (Phi) is 4.33. The van der Waals surface area contributed by atoms with E-state index in [0.717, 1.165) is 13.1 Å². The summed E-state index contributed by atoms with van der Waals surface area (Å²) in [5.74, 6) is 0.677. The average Bonchev–Trinajstić information content (AvgIpc) is 2.16. The Balaban J connectivity index is 2.10. The monoisotopic (exact) mass is 168 g/mol. The predicted octanol–water partition coefficient (Wildman–Crippen LogP) is 1.23. The zero-order valence-electron chi connectivity index (χ0n) is 8.00. The predicted molar refractivity (Wildman–Crippen MR) is 53.0 cm³/mol. The number of hydrogen-bond donors (Lipinski definition) is 1. The van der Waals surface area contributed by atoms with E-state index in [0.29, 0.717) is 5.92 Å². The van der Waals surface area contributed by atoms with Crippen molar-refractivity contribution in [1.82, 2.24) is 4.90 Å². The normalized spacial score (nSPS) is 21.2. The van der Waals surface area contributed by atoms with Crippen molar-refractivity contribution in [2.24, 2.45) is 11.7 Å². The van der Waals surface area contributed by atoms with Gasteiger partial charge in [0.15, 0.2) is 0 Å². The Labute approximate surface area is 75.4 Å². The van der Waals surface area contributed by atoms with E-state index in [1.165, 1.54) is 25.9 Å². The third-order valence-corrected chi connectivity index (χ3v) is 2.48. The fourth-order valence-electron chi connectivity index (χ4n) is 1.41. The van der Waals surface area contributed by atoms with E-state index in [1.807, 2.05) is 0 Å². The molecule has 0 saturated heterocycles. The van der Waals surface area contributed by atoms with Crippen molar-refractivity contribution >= 4 is 0 Å². The molecule has 1 heterocycles. The first-order chi connectivity index (χ1) is 5.83. The summed E-state index contributed by atoms with van der Waals surface area (Å²) in [5, 5.41) is 0. The molecule has 1 aliphatic heterocycles. The zero-order chi connectivity index (χ0) is 8.81. The molecule has 2 heteroatoms. The summed E-state index contributed by atoms with van der Waals surface area (Å²) in [6.45, 7) is 6.62. The van der Waals surface area contributed by atoms with Crippen molar-refractivity contribution < 1.29 is 0 Å². The second-order valence-electron chi connectivity index (χ2n) is 3.69. The van der Waals surface area contributed by atoms with Gasteiger partial charge >= 0.3 is 0 Å². The van der Waals surface area contributed by atoms with Gasteiger partial charge in [-0.2, -0.15) is 0 Å². The Morgan fingerprint density at radius 3 is 2.92 bits per heavy atom. The van der Waals surface area contributed by atoms with Gasteiger partial charge in [0.25, 0.3) is 0 Å². The van der Waals surface area contributed by atoms with Gasteiger partial charge in [-0.1, -0.05) is 19.1 Å². The molecule has 2 nitrogen and oxygen atoms in total. The van der Waals surface area contributed by atoms with Crippen LogP contribution < -0.4 is 5.73 Å². The summed E-state index contributed by atoms with van der Waals surface area (Å²) in [4.78, 5) is 2.49. The van der Waals surface area contributed by atoms with Gasteiger partial charge in [-0.25, -0.2) is 0 Å². The highest BCUT2D eigenvalue weighted by Crippen LogP contribution is 2.05. The van der Waals surface area contributed by atoms with Gasteiger partial charge in [-0.15, -0.1) is 0 Å². The van der Waals surface area contributed by atoms with Crippen LogP contribution in [0.5, 0.6) is 0 Å². The van der Waals surface area contributed by atoms with Crippen LogP contribution in [0, 0.1) is 5.92 Å². The van der Waals surface area contributed by atoms with Crippen molar-refractivity contribution in [1.29, 1.82) is 0 Å². The summed E-state index contributed by atoms with van der Waals surface area (Å²) >= 11 is 0. The molecule has 1 aliphatic rings. The topological polar surface area (TPSA) is 29.3 Å². The lowest BCUT2D eigenvalue weighted by molar-refractivity contribution is 0.277. The van der Waals surface area contributed by atoms with Crippen molar-refractivity contribution in [3.05, 3.63) is 12.2 Å². The highest BCUT2D eigenvalue weighted by atomic mass is 15.1. The molecule has 1 unspecified atom stereocenters. The van der Waals surface area contributed by atoms with Crippen LogP contribution >= 0.6 is 0 Å². The molecule has 0 amide bonds. The van der Waals surface area contributed by atoms with Crippen LogP contribution in [0.1, 0.15) is 19.8 Å². The SMILES string of the molecule is CC(CN)CCN1CC=CCC1. The molecule has 0 aliphatic carbocycles. The Morgan fingerprint density at radius 1 is 1.50 bits per heavy atom. The first kappa shape index (κ1) is 9.75. The van der Waals surface area contributed by atoms with E-state index in [9.17, 15) is 0 Å². The van der Waals surface area contributed by atoms with Crippen molar-refractivity contribution in [2.45, 2.75) is 19.8 Å².